The maximum atomic E-state index is 13.0. The summed E-state index contributed by atoms with van der Waals surface area (Å²) >= 11 is 0. The number of halogens is 1. The first-order valence-electron chi connectivity index (χ1n) is 3.70. The van der Waals surface area contributed by atoms with Gasteiger partial charge < -0.3 is 16.6 Å². The molecule has 0 heterocycles. The molecular weight excluding hydrogens is 187 g/mol. The molecule has 0 radical (unpaired) electrons. The SMILES string of the molecule is NC(N)=NN=Cc1ccc(O)cc1F. The van der Waals surface area contributed by atoms with Gasteiger partial charge in [-0.2, -0.15) is 5.10 Å². The van der Waals surface area contributed by atoms with Crippen molar-refractivity contribution in [1.82, 2.24) is 0 Å². The molecule has 1 rings (SSSR count). The number of aromatic hydroxyl groups is 1. The summed E-state index contributed by atoms with van der Waals surface area (Å²) in [5.74, 6) is -0.957. The predicted molar refractivity (Wildman–Crippen MR) is 51.5 cm³/mol. The van der Waals surface area contributed by atoms with E-state index in [2.05, 4.69) is 10.2 Å². The van der Waals surface area contributed by atoms with E-state index < -0.39 is 5.82 Å². The van der Waals surface area contributed by atoms with Crippen LogP contribution in [0.4, 0.5) is 4.39 Å². The third-order valence-electron chi connectivity index (χ3n) is 1.35. The summed E-state index contributed by atoms with van der Waals surface area (Å²) in [7, 11) is 0. The van der Waals surface area contributed by atoms with Crippen LogP contribution in [0.25, 0.3) is 0 Å². The lowest BCUT2D eigenvalue weighted by Crippen LogP contribution is -2.21. The highest BCUT2D eigenvalue weighted by Crippen LogP contribution is 2.13. The number of hydrogen-bond acceptors (Lipinski definition) is 3. The first-order valence-corrected chi connectivity index (χ1v) is 3.70. The monoisotopic (exact) mass is 196 g/mol. The van der Waals surface area contributed by atoms with Crippen LogP contribution in [0.3, 0.4) is 0 Å². The molecule has 1 aromatic carbocycles. The molecule has 0 aliphatic rings. The molecule has 5 nitrogen and oxygen atoms in total. The van der Waals surface area contributed by atoms with Crippen LogP contribution >= 0.6 is 0 Å². The van der Waals surface area contributed by atoms with Crippen molar-refractivity contribution in [2.45, 2.75) is 0 Å². The zero-order valence-corrected chi connectivity index (χ0v) is 7.18. The van der Waals surface area contributed by atoms with Crippen LogP contribution in [0, 0.1) is 5.82 Å². The lowest BCUT2D eigenvalue weighted by atomic mass is 10.2. The fourth-order valence-corrected chi connectivity index (χ4v) is 0.778. The third kappa shape index (κ3) is 2.74. The van der Waals surface area contributed by atoms with Crippen LogP contribution in [0.2, 0.25) is 0 Å². The fourth-order valence-electron chi connectivity index (χ4n) is 0.778. The highest BCUT2D eigenvalue weighted by molar-refractivity contribution is 5.81. The van der Waals surface area contributed by atoms with E-state index in [-0.39, 0.29) is 17.3 Å². The molecule has 0 saturated heterocycles. The van der Waals surface area contributed by atoms with Gasteiger partial charge in [-0.3, -0.25) is 0 Å². The zero-order valence-electron chi connectivity index (χ0n) is 7.18. The second-order valence-corrected chi connectivity index (χ2v) is 2.48. The van der Waals surface area contributed by atoms with Crippen LogP contribution < -0.4 is 11.5 Å². The maximum absolute atomic E-state index is 13.0. The number of nitrogens with two attached hydrogens (primary N) is 2. The van der Waals surface area contributed by atoms with Gasteiger partial charge in [0, 0.05) is 11.6 Å². The van der Waals surface area contributed by atoms with E-state index in [4.69, 9.17) is 16.6 Å². The third-order valence-corrected chi connectivity index (χ3v) is 1.35. The lowest BCUT2D eigenvalue weighted by molar-refractivity contribution is 0.469. The number of hydrogen-bond donors (Lipinski definition) is 3. The average molecular weight is 196 g/mol. The Labute approximate surface area is 79.6 Å². The number of phenols is 1. The highest BCUT2D eigenvalue weighted by atomic mass is 19.1. The van der Waals surface area contributed by atoms with Crippen molar-refractivity contribution in [3.63, 3.8) is 0 Å². The van der Waals surface area contributed by atoms with Gasteiger partial charge in [-0.05, 0) is 12.1 Å². The summed E-state index contributed by atoms with van der Waals surface area (Å²) < 4.78 is 13.0. The van der Waals surface area contributed by atoms with Crippen molar-refractivity contribution < 1.29 is 9.50 Å². The highest BCUT2D eigenvalue weighted by Gasteiger charge is 1.99. The molecular formula is C8H9FN4O. The summed E-state index contributed by atoms with van der Waals surface area (Å²) in [6, 6.07) is 3.66. The van der Waals surface area contributed by atoms with Crippen LogP contribution in [0.5, 0.6) is 5.75 Å². The number of benzene rings is 1. The Morgan fingerprint density at radius 2 is 2.14 bits per heavy atom. The molecule has 74 valence electrons. The van der Waals surface area contributed by atoms with Gasteiger partial charge >= 0.3 is 0 Å². The Morgan fingerprint density at radius 1 is 1.43 bits per heavy atom. The fraction of sp³-hybridized carbons (Fsp3) is 0. The standard InChI is InChI=1S/C8H9FN4O/c9-7-3-6(14)2-1-5(7)4-12-13-8(10)11/h1-4,14H,(H4,10,11,13). The number of nitrogens with zero attached hydrogens (tertiary/aromatic N) is 2. The van der Waals surface area contributed by atoms with Crippen molar-refractivity contribution in [2.75, 3.05) is 0 Å². The Balaban J connectivity index is 2.87. The second-order valence-electron chi connectivity index (χ2n) is 2.48. The van der Waals surface area contributed by atoms with Crippen molar-refractivity contribution in [2.24, 2.45) is 21.7 Å². The van der Waals surface area contributed by atoms with E-state index in [1.807, 2.05) is 0 Å². The molecule has 0 unspecified atom stereocenters. The molecule has 6 heteroatoms. The molecule has 1 aromatic rings. The molecule has 0 bridgehead atoms. The molecule has 0 aliphatic heterocycles. The summed E-state index contributed by atoms with van der Waals surface area (Å²) in [4.78, 5) is 0. The van der Waals surface area contributed by atoms with Gasteiger partial charge in [-0.25, -0.2) is 4.39 Å². The minimum atomic E-state index is -0.598. The molecule has 0 aromatic heterocycles. The first-order chi connectivity index (χ1) is 6.59. The Morgan fingerprint density at radius 3 is 2.71 bits per heavy atom. The van der Waals surface area contributed by atoms with Gasteiger partial charge in [-0.1, -0.05) is 0 Å². The average Bonchev–Trinajstić information content (AvgIpc) is 2.08. The van der Waals surface area contributed by atoms with Crippen LogP contribution in [-0.2, 0) is 0 Å². The molecule has 5 N–H and O–H groups in total. The number of guanidine groups is 1. The van der Waals surface area contributed by atoms with Gasteiger partial charge in [-0.15, -0.1) is 5.10 Å². The van der Waals surface area contributed by atoms with Crippen molar-refractivity contribution >= 4 is 12.2 Å². The molecule has 0 saturated carbocycles. The Bertz CT molecular complexity index is 385. The Kier molecular flexibility index (Phi) is 3.01. The molecule has 0 spiro atoms. The van der Waals surface area contributed by atoms with Crippen LogP contribution in [-0.4, -0.2) is 17.3 Å². The van der Waals surface area contributed by atoms with Gasteiger partial charge in [0.2, 0.25) is 5.96 Å². The summed E-state index contributed by atoms with van der Waals surface area (Å²) in [6.07, 6.45) is 1.15. The molecule has 14 heavy (non-hydrogen) atoms. The summed E-state index contributed by atoms with van der Waals surface area (Å²) in [5.41, 5.74) is 10.2. The van der Waals surface area contributed by atoms with E-state index >= 15 is 0 Å². The van der Waals surface area contributed by atoms with Gasteiger partial charge in [0.25, 0.3) is 0 Å². The van der Waals surface area contributed by atoms with Crippen molar-refractivity contribution in [3.8, 4) is 5.75 Å². The molecule has 0 amide bonds. The van der Waals surface area contributed by atoms with Crippen LogP contribution in [0.1, 0.15) is 5.56 Å². The van der Waals surface area contributed by atoms with Gasteiger partial charge in [0.1, 0.15) is 11.6 Å². The Hall–Kier alpha value is -2.11. The van der Waals surface area contributed by atoms with Gasteiger partial charge in [0.15, 0.2) is 0 Å². The molecule has 0 aliphatic carbocycles. The largest absolute Gasteiger partial charge is 0.508 e. The van der Waals surface area contributed by atoms with E-state index in [1.54, 1.807) is 0 Å². The topological polar surface area (TPSA) is 97.0 Å². The summed E-state index contributed by atoms with van der Waals surface area (Å²) in [5, 5.41) is 15.6. The van der Waals surface area contributed by atoms with Crippen molar-refractivity contribution in [1.29, 1.82) is 0 Å². The predicted octanol–water partition coefficient (Wildman–Crippen LogP) is 0.139. The second kappa shape index (κ2) is 4.22. The zero-order chi connectivity index (χ0) is 10.6. The lowest BCUT2D eigenvalue weighted by Gasteiger charge is -1.95. The van der Waals surface area contributed by atoms with E-state index in [1.165, 1.54) is 12.1 Å². The summed E-state index contributed by atoms with van der Waals surface area (Å²) in [6.45, 7) is 0. The quantitative estimate of drug-likeness (QED) is 0.356. The van der Waals surface area contributed by atoms with Gasteiger partial charge in [0.05, 0.1) is 6.21 Å². The number of phenolic OH excluding ortho intramolecular Hbond substituents is 1. The molecule has 0 fully saturated rings. The van der Waals surface area contributed by atoms with E-state index in [0.717, 1.165) is 12.3 Å². The van der Waals surface area contributed by atoms with Crippen LogP contribution in [0.15, 0.2) is 28.4 Å². The normalized spacial score (nSPS) is 10.4. The van der Waals surface area contributed by atoms with E-state index in [0.29, 0.717) is 0 Å². The number of rotatable bonds is 2. The van der Waals surface area contributed by atoms with Crippen molar-refractivity contribution in [3.05, 3.63) is 29.6 Å². The first kappa shape index (κ1) is 9.97. The smallest absolute Gasteiger partial charge is 0.211 e. The molecule has 0 atom stereocenters. The minimum Gasteiger partial charge on any atom is -0.508 e. The minimum absolute atomic E-state index is 0.151. The maximum Gasteiger partial charge on any atom is 0.211 e. The van der Waals surface area contributed by atoms with E-state index in [9.17, 15) is 4.39 Å².